The van der Waals surface area contributed by atoms with Gasteiger partial charge in [-0.15, -0.1) is 0 Å². The minimum atomic E-state index is 0.142. The van der Waals surface area contributed by atoms with E-state index in [1.807, 2.05) is 12.1 Å². The van der Waals surface area contributed by atoms with Crippen molar-refractivity contribution in [2.45, 2.75) is 19.3 Å². The maximum Gasteiger partial charge on any atom is 0.132 e. The summed E-state index contributed by atoms with van der Waals surface area (Å²) in [6.07, 6.45) is 4.32. The molecule has 3 nitrogen and oxygen atoms in total. The van der Waals surface area contributed by atoms with Gasteiger partial charge in [-0.3, -0.25) is 0 Å². The van der Waals surface area contributed by atoms with Crippen molar-refractivity contribution in [2.24, 2.45) is 5.92 Å². The first-order valence-electron chi connectivity index (χ1n) is 6.91. The van der Waals surface area contributed by atoms with Gasteiger partial charge in [-0.2, -0.15) is 0 Å². The Bertz CT molecular complexity index is 684. The topological polar surface area (TPSA) is 42.4 Å². The minimum absolute atomic E-state index is 0.142. The molecular formula is C17H16ClNO2. The molecule has 2 aromatic rings. The SMILES string of the molecule is C=C(O)C1CCc2ccc(Oc3ccnc(Cl)c3)cc2C1. The summed E-state index contributed by atoms with van der Waals surface area (Å²) >= 11 is 5.85. The maximum atomic E-state index is 9.59. The lowest BCUT2D eigenvalue weighted by molar-refractivity contribution is 0.312. The normalized spacial score (nSPS) is 17.1. The maximum absolute atomic E-state index is 9.59. The predicted molar refractivity (Wildman–Crippen MR) is 83.0 cm³/mol. The van der Waals surface area contributed by atoms with Crippen LogP contribution in [-0.4, -0.2) is 10.1 Å². The Kier molecular flexibility index (Phi) is 3.84. The van der Waals surface area contributed by atoms with Gasteiger partial charge in [0.05, 0.1) is 5.76 Å². The van der Waals surface area contributed by atoms with E-state index in [2.05, 4.69) is 17.6 Å². The molecule has 3 rings (SSSR count). The van der Waals surface area contributed by atoms with E-state index in [1.165, 1.54) is 11.1 Å². The van der Waals surface area contributed by atoms with Crippen molar-refractivity contribution in [1.82, 2.24) is 4.98 Å². The number of hydrogen-bond donors (Lipinski definition) is 1. The molecule has 1 unspecified atom stereocenters. The summed E-state index contributed by atoms with van der Waals surface area (Å²) in [5, 5.41) is 10.00. The molecule has 0 spiro atoms. The number of fused-ring (bicyclic) bond motifs is 1. The molecule has 108 valence electrons. The van der Waals surface area contributed by atoms with Crippen LogP contribution in [0.15, 0.2) is 48.9 Å². The van der Waals surface area contributed by atoms with E-state index in [1.54, 1.807) is 18.3 Å². The zero-order chi connectivity index (χ0) is 14.8. The number of aryl methyl sites for hydroxylation is 1. The molecule has 0 fully saturated rings. The zero-order valence-electron chi connectivity index (χ0n) is 11.6. The number of benzene rings is 1. The summed E-state index contributed by atoms with van der Waals surface area (Å²) in [6, 6.07) is 9.52. The van der Waals surface area contributed by atoms with Crippen LogP contribution in [0.1, 0.15) is 17.5 Å². The van der Waals surface area contributed by atoms with Crippen LogP contribution in [-0.2, 0) is 12.8 Å². The Morgan fingerprint density at radius 3 is 2.81 bits per heavy atom. The first-order valence-corrected chi connectivity index (χ1v) is 7.28. The quantitative estimate of drug-likeness (QED) is 0.660. The van der Waals surface area contributed by atoms with Gasteiger partial charge in [-0.25, -0.2) is 4.98 Å². The number of aliphatic hydroxyl groups excluding tert-OH is 1. The van der Waals surface area contributed by atoms with Crippen LogP contribution in [0.25, 0.3) is 0 Å². The van der Waals surface area contributed by atoms with Crippen molar-refractivity contribution in [3.05, 3.63) is 65.1 Å². The van der Waals surface area contributed by atoms with Crippen molar-refractivity contribution in [2.75, 3.05) is 0 Å². The van der Waals surface area contributed by atoms with Crippen LogP contribution in [0, 0.1) is 5.92 Å². The van der Waals surface area contributed by atoms with E-state index >= 15 is 0 Å². The molecule has 1 heterocycles. The van der Waals surface area contributed by atoms with Gasteiger partial charge >= 0.3 is 0 Å². The van der Waals surface area contributed by atoms with Gasteiger partial charge < -0.3 is 9.84 Å². The highest BCUT2D eigenvalue weighted by molar-refractivity contribution is 6.29. The summed E-state index contributed by atoms with van der Waals surface area (Å²) in [6.45, 7) is 3.65. The van der Waals surface area contributed by atoms with E-state index in [-0.39, 0.29) is 11.7 Å². The van der Waals surface area contributed by atoms with Crippen LogP contribution in [0.5, 0.6) is 11.5 Å². The standard InChI is InChI=1S/C17H16ClNO2/c1-11(20)13-3-2-12-4-5-15(9-14(12)8-13)21-16-6-7-19-17(18)10-16/h4-7,9-10,13,20H,1-3,8H2. The Balaban J connectivity index is 1.82. The summed E-state index contributed by atoms with van der Waals surface area (Å²) < 4.78 is 5.81. The number of ether oxygens (including phenoxy) is 1. The highest BCUT2D eigenvalue weighted by Gasteiger charge is 2.21. The molecule has 1 aromatic carbocycles. The Morgan fingerprint density at radius 1 is 1.24 bits per heavy atom. The van der Waals surface area contributed by atoms with Gasteiger partial charge in [0, 0.05) is 18.2 Å². The van der Waals surface area contributed by atoms with E-state index in [0.29, 0.717) is 10.9 Å². The zero-order valence-corrected chi connectivity index (χ0v) is 12.3. The Morgan fingerprint density at radius 2 is 2.05 bits per heavy atom. The average molecular weight is 302 g/mol. The first-order chi connectivity index (χ1) is 10.1. The van der Waals surface area contributed by atoms with Gasteiger partial charge in [0.1, 0.15) is 16.7 Å². The highest BCUT2D eigenvalue weighted by Crippen LogP contribution is 2.32. The predicted octanol–water partition coefficient (Wildman–Crippen LogP) is 4.70. The smallest absolute Gasteiger partial charge is 0.132 e. The van der Waals surface area contributed by atoms with Crippen LogP contribution >= 0.6 is 11.6 Å². The summed E-state index contributed by atoms with van der Waals surface area (Å²) in [4.78, 5) is 3.93. The third-order valence-corrected chi connectivity index (χ3v) is 4.02. The lowest BCUT2D eigenvalue weighted by Crippen LogP contribution is -2.15. The molecule has 1 aliphatic carbocycles. The highest BCUT2D eigenvalue weighted by atomic mass is 35.5. The minimum Gasteiger partial charge on any atom is -0.513 e. The molecule has 1 aliphatic rings. The van der Waals surface area contributed by atoms with E-state index in [0.717, 1.165) is 25.0 Å². The van der Waals surface area contributed by atoms with Crippen molar-refractivity contribution in [3.63, 3.8) is 0 Å². The van der Waals surface area contributed by atoms with Crippen molar-refractivity contribution in [3.8, 4) is 11.5 Å². The summed E-state index contributed by atoms with van der Waals surface area (Å²) in [7, 11) is 0. The monoisotopic (exact) mass is 301 g/mol. The Hall–Kier alpha value is -2.00. The van der Waals surface area contributed by atoms with E-state index in [4.69, 9.17) is 16.3 Å². The molecule has 0 saturated carbocycles. The summed E-state index contributed by atoms with van der Waals surface area (Å²) in [5.74, 6) is 1.84. The van der Waals surface area contributed by atoms with Crippen molar-refractivity contribution >= 4 is 11.6 Å². The molecule has 0 bridgehead atoms. The first kappa shape index (κ1) is 14.0. The lowest BCUT2D eigenvalue weighted by atomic mass is 9.83. The third kappa shape index (κ3) is 3.19. The lowest BCUT2D eigenvalue weighted by Gasteiger charge is -2.24. The molecule has 1 N–H and O–H groups in total. The summed E-state index contributed by atoms with van der Waals surface area (Å²) in [5.41, 5.74) is 2.52. The second-order valence-corrected chi connectivity index (χ2v) is 5.67. The van der Waals surface area contributed by atoms with Gasteiger partial charge in [0.2, 0.25) is 0 Å². The molecular weight excluding hydrogens is 286 g/mol. The van der Waals surface area contributed by atoms with Crippen molar-refractivity contribution < 1.29 is 9.84 Å². The van der Waals surface area contributed by atoms with Gasteiger partial charge in [0.25, 0.3) is 0 Å². The average Bonchev–Trinajstić information content (AvgIpc) is 2.46. The number of nitrogens with zero attached hydrogens (tertiary/aromatic N) is 1. The van der Waals surface area contributed by atoms with E-state index < -0.39 is 0 Å². The number of aromatic nitrogens is 1. The van der Waals surface area contributed by atoms with Gasteiger partial charge in [-0.05, 0) is 48.6 Å². The molecule has 1 aromatic heterocycles. The second kappa shape index (κ2) is 5.78. The molecule has 4 heteroatoms. The fourth-order valence-corrected chi connectivity index (χ4v) is 2.83. The second-order valence-electron chi connectivity index (χ2n) is 5.28. The van der Waals surface area contributed by atoms with Crippen molar-refractivity contribution in [1.29, 1.82) is 0 Å². The van der Waals surface area contributed by atoms with Crippen LogP contribution < -0.4 is 4.74 Å². The third-order valence-electron chi connectivity index (χ3n) is 3.81. The number of halogens is 1. The largest absolute Gasteiger partial charge is 0.513 e. The van der Waals surface area contributed by atoms with Gasteiger partial charge in [-0.1, -0.05) is 24.2 Å². The van der Waals surface area contributed by atoms with Crippen LogP contribution in [0.2, 0.25) is 5.15 Å². The van der Waals surface area contributed by atoms with Crippen LogP contribution in [0.4, 0.5) is 0 Å². The molecule has 0 saturated heterocycles. The number of pyridine rings is 1. The fourth-order valence-electron chi connectivity index (χ4n) is 2.67. The number of allylic oxidation sites excluding steroid dienone is 1. The molecule has 0 radical (unpaired) electrons. The Labute approximate surface area is 128 Å². The van der Waals surface area contributed by atoms with E-state index in [9.17, 15) is 5.11 Å². The number of rotatable bonds is 3. The number of aliphatic hydroxyl groups is 1. The number of hydrogen-bond acceptors (Lipinski definition) is 3. The molecule has 0 amide bonds. The molecule has 21 heavy (non-hydrogen) atoms. The van der Waals surface area contributed by atoms with Crippen LogP contribution in [0.3, 0.4) is 0 Å². The van der Waals surface area contributed by atoms with Gasteiger partial charge in [0.15, 0.2) is 0 Å². The molecule has 0 aliphatic heterocycles. The molecule has 1 atom stereocenters. The fraction of sp³-hybridized carbons (Fsp3) is 0.235.